The molecule has 5 heteroatoms. The standard InChI is InChI=1S/C21H23ClN2O2/c1-23(13-5-9-16-7-3-2-4-8-16)21(26)18-12-11-17(22)15-19(18)24-14-6-10-20(24)25/h2-4,7-8,11-12,15H,5-6,9-10,13-14H2,1H3. The number of carbonyl (C=O) groups is 2. The van der Waals surface area contributed by atoms with Gasteiger partial charge in [0.25, 0.3) is 5.91 Å². The lowest BCUT2D eigenvalue weighted by atomic mass is 10.1. The van der Waals surface area contributed by atoms with Crippen LogP contribution in [-0.2, 0) is 11.2 Å². The Morgan fingerprint density at radius 2 is 1.96 bits per heavy atom. The summed E-state index contributed by atoms with van der Waals surface area (Å²) < 4.78 is 0. The van der Waals surface area contributed by atoms with Gasteiger partial charge in [-0.05, 0) is 43.0 Å². The van der Waals surface area contributed by atoms with Crippen LogP contribution in [0.25, 0.3) is 0 Å². The van der Waals surface area contributed by atoms with E-state index in [1.165, 1.54) is 5.56 Å². The molecule has 1 saturated heterocycles. The number of nitrogens with zero attached hydrogens (tertiary/aromatic N) is 2. The first kappa shape index (κ1) is 18.5. The van der Waals surface area contributed by atoms with Gasteiger partial charge < -0.3 is 9.80 Å². The molecule has 1 aliphatic rings. The lowest BCUT2D eigenvalue weighted by Crippen LogP contribution is -2.31. The van der Waals surface area contributed by atoms with E-state index in [1.807, 2.05) is 18.2 Å². The maximum Gasteiger partial charge on any atom is 0.255 e. The number of aryl methyl sites for hydroxylation is 1. The maximum atomic E-state index is 12.9. The number of halogens is 1. The highest BCUT2D eigenvalue weighted by Crippen LogP contribution is 2.29. The number of hydrogen-bond acceptors (Lipinski definition) is 2. The molecular weight excluding hydrogens is 348 g/mol. The SMILES string of the molecule is CN(CCCc1ccccc1)C(=O)c1ccc(Cl)cc1N1CCCC1=O. The Morgan fingerprint density at radius 3 is 2.65 bits per heavy atom. The number of hydrogen-bond donors (Lipinski definition) is 0. The molecule has 0 radical (unpaired) electrons. The Kier molecular flexibility index (Phi) is 5.94. The van der Waals surface area contributed by atoms with E-state index in [1.54, 1.807) is 35.0 Å². The molecule has 1 heterocycles. The van der Waals surface area contributed by atoms with E-state index in [0.29, 0.717) is 35.8 Å². The van der Waals surface area contributed by atoms with Crippen molar-refractivity contribution in [2.24, 2.45) is 0 Å². The molecule has 0 aliphatic carbocycles. The number of amides is 2. The Hall–Kier alpha value is -2.33. The molecule has 2 aromatic carbocycles. The summed E-state index contributed by atoms with van der Waals surface area (Å²) in [5.74, 6) is -0.0301. The third kappa shape index (κ3) is 4.25. The highest BCUT2D eigenvalue weighted by Gasteiger charge is 2.27. The normalized spacial score (nSPS) is 13.9. The molecule has 0 spiro atoms. The number of anilines is 1. The van der Waals surface area contributed by atoms with Crippen LogP contribution in [0.3, 0.4) is 0 Å². The second-order valence-corrected chi connectivity index (χ2v) is 7.06. The predicted octanol–water partition coefficient (Wildman–Crippen LogP) is 4.17. The predicted molar refractivity (Wildman–Crippen MR) is 105 cm³/mol. The van der Waals surface area contributed by atoms with Crippen LogP contribution < -0.4 is 4.90 Å². The molecule has 0 bridgehead atoms. The highest BCUT2D eigenvalue weighted by atomic mass is 35.5. The van der Waals surface area contributed by atoms with Gasteiger partial charge in [-0.25, -0.2) is 0 Å². The van der Waals surface area contributed by atoms with Crippen molar-refractivity contribution in [2.75, 3.05) is 25.0 Å². The van der Waals surface area contributed by atoms with E-state index in [0.717, 1.165) is 19.3 Å². The van der Waals surface area contributed by atoms with Crippen LogP contribution in [0.4, 0.5) is 5.69 Å². The van der Waals surface area contributed by atoms with Crippen LogP contribution in [0.5, 0.6) is 0 Å². The van der Waals surface area contributed by atoms with Gasteiger partial charge >= 0.3 is 0 Å². The third-order valence-electron chi connectivity index (χ3n) is 4.70. The van der Waals surface area contributed by atoms with Gasteiger partial charge in [0.05, 0.1) is 11.3 Å². The summed E-state index contributed by atoms with van der Waals surface area (Å²) in [7, 11) is 1.80. The molecular formula is C21H23ClN2O2. The maximum absolute atomic E-state index is 12.9. The third-order valence-corrected chi connectivity index (χ3v) is 4.94. The smallest absolute Gasteiger partial charge is 0.255 e. The molecule has 1 fully saturated rings. The van der Waals surface area contributed by atoms with E-state index in [2.05, 4.69) is 12.1 Å². The van der Waals surface area contributed by atoms with E-state index < -0.39 is 0 Å². The summed E-state index contributed by atoms with van der Waals surface area (Å²) in [5.41, 5.74) is 2.43. The van der Waals surface area contributed by atoms with E-state index in [-0.39, 0.29) is 11.8 Å². The molecule has 0 atom stereocenters. The van der Waals surface area contributed by atoms with Gasteiger partial charge in [0.2, 0.25) is 5.91 Å². The Labute approximate surface area is 159 Å². The first-order valence-electron chi connectivity index (χ1n) is 8.95. The molecule has 2 amide bonds. The molecule has 2 aromatic rings. The Balaban J connectivity index is 1.69. The minimum Gasteiger partial charge on any atom is -0.342 e. The summed E-state index contributed by atoms with van der Waals surface area (Å²) in [6.07, 6.45) is 3.15. The molecule has 136 valence electrons. The quantitative estimate of drug-likeness (QED) is 0.765. The minimum absolute atomic E-state index is 0.0491. The Bertz CT molecular complexity index is 792. The summed E-state index contributed by atoms with van der Waals surface area (Å²) >= 11 is 6.12. The summed E-state index contributed by atoms with van der Waals surface area (Å²) in [4.78, 5) is 28.4. The fourth-order valence-corrected chi connectivity index (χ4v) is 3.45. The van der Waals surface area contributed by atoms with Crippen molar-refractivity contribution in [1.29, 1.82) is 0 Å². The van der Waals surface area contributed by atoms with Gasteiger partial charge in [-0.15, -0.1) is 0 Å². The van der Waals surface area contributed by atoms with Gasteiger partial charge in [0.15, 0.2) is 0 Å². The van der Waals surface area contributed by atoms with Crippen molar-refractivity contribution in [3.63, 3.8) is 0 Å². The average Bonchev–Trinajstić information content (AvgIpc) is 3.07. The molecule has 1 aliphatic heterocycles. The van der Waals surface area contributed by atoms with Crippen molar-refractivity contribution in [2.45, 2.75) is 25.7 Å². The van der Waals surface area contributed by atoms with Gasteiger partial charge in [-0.1, -0.05) is 41.9 Å². The fourth-order valence-electron chi connectivity index (χ4n) is 3.28. The van der Waals surface area contributed by atoms with Crippen LogP contribution >= 0.6 is 11.6 Å². The first-order chi connectivity index (χ1) is 12.6. The number of carbonyl (C=O) groups excluding carboxylic acids is 2. The monoisotopic (exact) mass is 370 g/mol. The van der Waals surface area contributed by atoms with Crippen molar-refractivity contribution in [1.82, 2.24) is 4.90 Å². The minimum atomic E-state index is -0.0792. The lowest BCUT2D eigenvalue weighted by molar-refractivity contribution is -0.117. The number of benzene rings is 2. The van der Waals surface area contributed by atoms with Crippen LogP contribution in [-0.4, -0.2) is 36.9 Å². The second kappa shape index (κ2) is 8.37. The van der Waals surface area contributed by atoms with E-state index >= 15 is 0 Å². The largest absolute Gasteiger partial charge is 0.342 e. The first-order valence-corrected chi connectivity index (χ1v) is 9.33. The molecule has 0 N–H and O–H groups in total. The second-order valence-electron chi connectivity index (χ2n) is 6.63. The van der Waals surface area contributed by atoms with Crippen molar-refractivity contribution in [3.05, 3.63) is 64.7 Å². The fraction of sp³-hybridized carbons (Fsp3) is 0.333. The molecule has 0 unspecified atom stereocenters. The van der Waals surface area contributed by atoms with Crippen molar-refractivity contribution in [3.8, 4) is 0 Å². The van der Waals surface area contributed by atoms with Gasteiger partial charge in [-0.2, -0.15) is 0 Å². The lowest BCUT2D eigenvalue weighted by Gasteiger charge is -2.23. The van der Waals surface area contributed by atoms with E-state index in [4.69, 9.17) is 11.6 Å². The summed E-state index contributed by atoms with van der Waals surface area (Å²) in [5, 5.41) is 0.531. The topological polar surface area (TPSA) is 40.6 Å². The highest BCUT2D eigenvalue weighted by molar-refractivity contribution is 6.31. The number of rotatable bonds is 6. The Morgan fingerprint density at radius 1 is 1.19 bits per heavy atom. The van der Waals surface area contributed by atoms with E-state index in [9.17, 15) is 9.59 Å². The van der Waals surface area contributed by atoms with Crippen molar-refractivity contribution >= 4 is 29.1 Å². The van der Waals surface area contributed by atoms with Crippen LogP contribution in [0.15, 0.2) is 48.5 Å². The summed E-state index contributed by atoms with van der Waals surface area (Å²) in [6.45, 7) is 1.29. The molecule has 26 heavy (non-hydrogen) atoms. The average molecular weight is 371 g/mol. The van der Waals surface area contributed by atoms with Gasteiger partial charge in [0.1, 0.15) is 0 Å². The molecule has 0 saturated carbocycles. The van der Waals surface area contributed by atoms with Gasteiger partial charge in [0, 0.05) is 31.6 Å². The van der Waals surface area contributed by atoms with Crippen LogP contribution in [0, 0.1) is 0 Å². The van der Waals surface area contributed by atoms with Crippen molar-refractivity contribution < 1.29 is 9.59 Å². The van der Waals surface area contributed by atoms with Crippen LogP contribution in [0.2, 0.25) is 5.02 Å². The zero-order chi connectivity index (χ0) is 18.5. The van der Waals surface area contributed by atoms with Crippen LogP contribution in [0.1, 0.15) is 35.2 Å². The molecule has 4 nitrogen and oxygen atoms in total. The zero-order valence-corrected chi connectivity index (χ0v) is 15.7. The van der Waals surface area contributed by atoms with Gasteiger partial charge in [-0.3, -0.25) is 9.59 Å². The summed E-state index contributed by atoms with van der Waals surface area (Å²) in [6, 6.07) is 15.4. The molecule has 3 rings (SSSR count). The zero-order valence-electron chi connectivity index (χ0n) is 15.0. The molecule has 0 aromatic heterocycles.